The number of rotatable bonds is 2. The molecule has 66 valence electrons. The van der Waals surface area contributed by atoms with Gasteiger partial charge in [0.15, 0.2) is 0 Å². The second-order valence-electron chi connectivity index (χ2n) is 4.11. The monoisotopic (exact) mass is 156 g/mol. The van der Waals surface area contributed by atoms with Gasteiger partial charge in [-0.15, -0.1) is 0 Å². The fourth-order valence-corrected chi connectivity index (χ4v) is 2.54. The lowest BCUT2D eigenvalue weighted by Crippen LogP contribution is -2.31. The van der Waals surface area contributed by atoms with Crippen LogP contribution in [0.25, 0.3) is 0 Å². The summed E-state index contributed by atoms with van der Waals surface area (Å²) in [4.78, 5) is 0. The van der Waals surface area contributed by atoms with E-state index in [2.05, 4.69) is 20.8 Å². The van der Waals surface area contributed by atoms with Gasteiger partial charge in [-0.2, -0.15) is 0 Å². The molecule has 0 saturated heterocycles. The molecule has 1 aliphatic rings. The molecule has 0 aromatic carbocycles. The normalized spacial score (nSPS) is 44.7. The maximum atomic E-state index is 10.1. The van der Waals surface area contributed by atoms with E-state index in [0.717, 1.165) is 25.2 Å². The lowest BCUT2D eigenvalue weighted by molar-refractivity contribution is -0.00393. The summed E-state index contributed by atoms with van der Waals surface area (Å²) >= 11 is 0. The van der Waals surface area contributed by atoms with Gasteiger partial charge < -0.3 is 5.11 Å². The van der Waals surface area contributed by atoms with Crippen molar-refractivity contribution in [2.75, 3.05) is 0 Å². The minimum absolute atomic E-state index is 0.325. The van der Waals surface area contributed by atoms with E-state index in [1.807, 2.05) is 0 Å². The number of aliphatic hydroxyl groups is 1. The first kappa shape index (κ1) is 9.05. The Balaban J connectivity index is 2.63. The van der Waals surface area contributed by atoms with Crippen molar-refractivity contribution in [3.05, 3.63) is 0 Å². The third-order valence-electron chi connectivity index (χ3n) is 3.25. The summed E-state index contributed by atoms with van der Waals surface area (Å²) in [6, 6.07) is 0. The Labute approximate surface area is 69.8 Å². The molecule has 1 fully saturated rings. The third-order valence-corrected chi connectivity index (χ3v) is 3.25. The molecule has 1 N–H and O–H groups in total. The standard InChI is InChI=1S/C10H20O/c1-4-9-6-8(3)7-10(9,11)5-2/h8-9,11H,4-7H2,1-3H3. The molecule has 3 atom stereocenters. The molecule has 1 rings (SSSR count). The molecule has 0 heterocycles. The Morgan fingerprint density at radius 3 is 2.45 bits per heavy atom. The smallest absolute Gasteiger partial charge is 0.0675 e. The van der Waals surface area contributed by atoms with Gasteiger partial charge in [0, 0.05) is 0 Å². The second-order valence-corrected chi connectivity index (χ2v) is 4.11. The van der Waals surface area contributed by atoms with Crippen LogP contribution in [-0.2, 0) is 0 Å². The van der Waals surface area contributed by atoms with Crippen LogP contribution in [0, 0.1) is 11.8 Å². The molecule has 1 nitrogen and oxygen atoms in total. The summed E-state index contributed by atoms with van der Waals surface area (Å²) in [5, 5.41) is 10.1. The van der Waals surface area contributed by atoms with Crippen molar-refractivity contribution in [1.82, 2.24) is 0 Å². The van der Waals surface area contributed by atoms with Gasteiger partial charge in [0.2, 0.25) is 0 Å². The third kappa shape index (κ3) is 1.58. The molecule has 0 aromatic rings. The van der Waals surface area contributed by atoms with Crippen LogP contribution < -0.4 is 0 Å². The van der Waals surface area contributed by atoms with Crippen LogP contribution in [0.2, 0.25) is 0 Å². The van der Waals surface area contributed by atoms with Crippen LogP contribution in [0.5, 0.6) is 0 Å². The molecule has 0 bridgehead atoms. The van der Waals surface area contributed by atoms with Crippen LogP contribution in [-0.4, -0.2) is 10.7 Å². The van der Waals surface area contributed by atoms with Gasteiger partial charge in [0.25, 0.3) is 0 Å². The van der Waals surface area contributed by atoms with Crippen molar-refractivity contribution in [3.8, 4) is 0 Å². The number of hydrogen-bond acceptors (Lipinski definition) is 1. The highest BCUT2D eigenvalue weighted by molar-refractivity contribution is 4.93. The van der Waals surface area contributed by atoms with E-state index in [4.69, 9.17) is 0 Å². The fourth-order valence-electron chi connectivity index (χ4n) is 2.54. The van der Waals surface area contributed by atoms with Crippen molar-refractivity contribution in [1.29, 1.82) is 0 Å². The van der Waals surface area contributed by atoms with Crippen molar-refractivity contribution in [2.45, 2.75) is 52.1 Å². The molecule has 1 heteroatoms. The van der Waals surface area contributed by atoms with Gasteiger partial charge in [-0.1, -0.05) is 27.2 Å². The average Bonchev–Trinajstić information content (AvgIpc) is 2.27. The van der Waals surface area contributed by atoms with Gasteiger partial charge in [0.05, 0.1) is 5.60 Å². The van der Waals surface area contributed by atoms with E-state index in [1.54, 1.807) is 0 Å². The SMILES string of the molecule is CCC1CC(C)CC1(O)CC. The van der Waals surface area contributed by atoms with Gasteiger partial charge in [-0.3, -0.25) is 0 Å². The average molecular weight is 156 g/mol. The van der Waals surface area contributed by atoms with Gasteiger partial charge in [0.1, 0.15) is 0 Å². The van der Waals surface area contributed by atoms with Gasteiger partial charge in [-0.25, -0.2) is 0 Å². The van der Waals surface area contributed by atoms with Crippen molar-refractivity contribution >= 4 is 0 Å². The molecular weight excluding hydrogens is 136 g/mol. The predicted octanol–water partition coefficient (Wildman–Crippen LogP) is 2.58. The van der Waals surface area contributed by atoms with E-state index in [9.17, 15) is 5.11 Å². The highest BCUT2D eigenvalue weighted by Gasteiger charge is 2.41. The van der Waals surface area contributed by atoms with E-state index in [-0.39, 0.29) is 5.60 Å². The summed E-state index contributed by atoms with van der Waals surface area (Å²) < 4.78 is 0. The largest absolute Gasteiger partial charge is 0.390 e. The molecule has 11 heavy (non-hydrogen) atoms. The summed E-state index contributed by atoms with van der Waals surface area (Å²) in [5.74, 6) is 1.28. The van der Waals surface area contributed by atoms with Crippen LogP contribution >= 0.6 is 0 Å². The Morgan fingerprint density at radius 2 is 2.09 bits per heavy atom. The Hall–Kier alpha value is -0.0400. The quantitative estimate of drug-likeness (QED) is 0.651. The molecule has 0 radical (unpaired) electrons. The van der Waals surface area contributed by atoms with Crippen LogP contribution in [0.4, 0.5) is 0 Å². The second kappa shape index (κ2) is 3.14. The molecule has 3 unspecified atom stereocenters. The molecule has 1 aliphatic carbocycles. The first-order valence-corrected chi connectivity index (χ1v) is 4.84. The van der Waals surface area contributed by atoms with Gasteiger partial charge in [-0.05, 0) is 31.1 Å². The highest BCUT2D eigenvalue weighted by atomic mass is 16.3. The van der Waals surface area contributed by atoms with Crippen LogP contribution in [0.15, 0.2) is 0 Å². The highest BCUT2D eigenvalue weighted by Crippen LogP contribution is 2.43. The molecule has 0 aromatic heterocycles. The topological polar surface area (TPSA) is 20.2 Å². The molecule has 0 amide bonds. The predicted molar refractivity (Wildman–Crippen MR) is 47.4 cm³/mol. The van der Waals surface area contributed by atoms with Crippen LogP contribution in [0.3, 0.4) is 0 Å². The van der Waals surface area contributed by atoms with Crippen molar-refractivity contribution in [3.63, 3.8) is 0 Å². The summed E-state index contributed by atoms with van der Waals surface area (Å²) in [6.07, 6.45) is 4.30. The zero-order chi connectivity index (χ0) is 8.48. The maximum Gasteiger partial charge on any atom is 0.0675 e. The molecule has 0 aliphatic heterocycles. The first-order chi connectivity index (χ1) is 5.12. The summed E-state index contributed by atoms with van der Waals surface area (Å²) in [6.45, 7) is 6.53. The van der Waals surface area contributed by atoms with Crippen molar-refractivity contribution in [2.24, 2.45) is 11.8 Å². The van der Waals surface area contributed by atoms with E-state index >= 15 is 0 Å². The minimum Gasteiger partial charge on any atom is -0.390 e. The zero-order valence-electron chi connectivity index (χ0n) is 7.93. The lowest BCUT2D eigenvalue weighted by atomic mass is 9.87. The maximum absolute atomic E-state index is 10.1. The molecule has 1 saturated carbocycles. The molecular formula is C10H20O. The van der Waals surface area contributed by atoms with Gasteiger partial charge >= 0.3 is 0 Å². The zero-order valence-corrected chi connectivity index (χ0v) is 7.93. The Morgan fingerprint density at radius 1 is 1.45 bits per heavy atom. The first-order valence-electron chi connectivity index (χ1n) is 4.84. The Kier molecular flexibility index (Phi) is 2.58. The lowest BCUT2D eigenvalue weighted by Gasteiger charge is -2.27. The van der Waals surface area contributed by atoms with E-state index < -0.39 is 0 Å². The number of hydrogen-bond donors (Lipinski definition) is 1. The summed E-state index contributed by atoms with van der Waals surface area (Å²) in [7, 11) is 0. The summed E-state index contributed by atoms with van der Waals surface area (Å²) in [5.41, 5.74) is -0.325. The molecule has 0 spiro atoms. The van der Waals surface area contributed by atoms with Crippen LogP contribution in [0.1, 0.15) is 46.5 Å². The fraction of sp³-hybridized carbons (Fsp3) is 1.00. The Bertz CT molecular complexity index is 133. The minimum atomic E-state index is -0.325. The van der Waals surface area contributed by atoms with Crippen molar-refractivity contribution < 1.29 is 5.11 Å². The van der Waals surface area contributed by atoms with E-state index in [1.165, 1.54) is 6.42 Å². The van der Waals surface area contributed by atoms with E-state index in [0.29, 0.717) is 5.92 Å².